The zero-order chi connectivity index (χ0) is 20.5. The lowest BCUT2D eigenvalue weighted by molar-refractivity contribution is -0.139. The van der Waals surface area contributed by atoms with Crippen LogP contribution in [0.4, 0.5) is 4.39 Å². The number of carbonyl (C=O) groups is 2. The van der Waals surface area contributed by atoms with Gasteiger partial charge in [-0.1, -0.05) is 12.1 Å². The maximum Gasteiger partial charge on any atom is 0.317 e. The minimum Gasteiger partial charge on any atom is -0.480 e. The van der Waals surface area contributed by atoms with Crippen LogP contribution in [0.25, 0.3) is 0 Å². The standard InChI is InChI=1S/C21H22FN3O4/c22-16-4-1-3-13(8-16)21(29)23-9-18-15-7-14(10-24(11-15)12-20(27)28)17-5-2-6-19(26)25(17)18/h1-6,8,14-15,18H,7,9-12H2,(H,23,29)(H,27,28)/t14-,15+,18+/m1/s1. The van der Waals surface area contributed by atoms with Crippen molar-refractivity contribution < 1.29 is 19.1 Å². The Morgan fingerprint density at radius 2 is 1.97 bits per heavy atom. The Kier molecular flexibility index (Phi) is 5.19. The van der Waals surface area contributed by atoms with Gasteiger partial charge in [0.1, 0.15) is 5.82 Å². The fraction of sp³-hybridized carbons (Fsp3) is 0.381. The third kappa shape index (κ3) is 3.93. The van der Waals surface area contributed by atoms with E-state index in [0.29, 0.717) is 13.1 Å². The molecule has 0 aliphatic carbocycles. The average Bonchev–Trinajstić information content (AvgIpc) is 2.67. The van der Waals surface area contributed by atoms with Gasteiger partial charge in [-0.3, -0.25) is 19.3 Å². The minimum atomic E-state index is -0.883. The first-order chi connectivity index (χ1) is 13.9. The van der Waals surface area contributed by atoms with Crippen LogP contribution in [-0.2, 0) is 4.79 Å². The first kappa shape index (κ1) is 19.3. The molecular formula is C21H22FN3O4. The molecule has 1 aromatic heterocycles. The summed E-state index contributed by atoms with van der Waals surface area (Å²) >= 11 is 0. The van der Waals surface area contributed by atoms with E-state index in [1.807, 2.05) is 11.0 Å². The monoisotopic (exact) mass is 399 g/mol. The van der Waals surface area contributed by atoms with Gasteiger partial charge in [0.05, 0.1) is 12.6 Å². The summed E-state index contributed by atoms with van der Waals surface area (Å²) in [6, 6.07) is 10.3. The van der Waals surface area contributed by atoms with E-state index in [9.17, 15) is 23.9 Å². The molecule has 3 atom stereocenters. The Hall–Kier alpha value is -3.00. The van der Waals surface area contributed by atoms with Gasteiger partial charge in [0.2, 0.25) is 0 Å². The molecule has 2 N–H and O–H groups in total. The second-order valence-electron chi connectivity index (χ2n) is 7.73. The van der Waals surface area contributed by atoms with E-state index < -0.39 is 17.7 Å². The van der Waals surface area contributed by atoms with E-state index in [-0.39, 0.29) is 42.1 Å². The zero-order valence-corrected chi connectivity index (χ0v) is 15.8. The Balaban J connectivity index is 1.59. The molecule has 3 heterocycles. The fourth-order valence-electron chi connectivity index (χ4n) is 4.65. The van der Waals surface area contributed by atoms with Crippen LogP contribution in [0.15, 0.2) is 47.3 Å². The number of pyridine rings is 1. The summed E-state index contributed by atoms with van der Waals surface area (Å²) in [7, 11) is 0. The Morgan fingerprint density at radius 3 is 2.72 bits per heavy atom. The quantitative estimate of drug-likeness (QED) is 0.794. The predicted octanol–water partition coefficient (Wildman–Crippen LogP) is 1.46. The van der Waals surface area contributed by atoms with Crippen molar-refractivity contribution in [1.82, 2.24) is 14.8 Å². The molecule has 0 spiro atoms. The Bertz CT molecular complexity index is 1010. The van der Waals surface area contributed by atoms with Crippen molar-refractivity contribution in [3.05, 3.63) is 69.9 Å². The highest BCUT2D eigenvalue weighted by Gasteiger charge is 2.40. The van der Waals surface area contributed by atoms with Crippen molar-refractivity contribution in [2.45, 2.75) is 18.4 Å². The lowest BCUT2D eigenvalue weighted by atomic mass is 9.78. The van der Waals surface area contributed by atoms with E-state index in [4.69, 9.17) is 0 Å². The lowest BCUT2D eigenvalue weighted by Gasteiger charge is -2.46. The molecule has 1 aromatic carbocycles. The zero-order valence-electron chi connectivity index (χ0n) is 15.8. The van der Waals surface area contributed by atoms with Crippen LogP contribution < -0.4 is 10.9 Å². The number of hydrogen-bond acceptors (Lipinski definition) is 4. The van der Waals surface area contributed by atoms with Crippen molar-refractivity contribution in [1.29, 1.82) is 0 Å². The van der Waals surface area contributed by atoms with Crippen LogP contribution in [0.1, 0.15) is 34.4 Å². The highest BCUT2D eigenvalue weighted by molar-refractivity contribution is 5.94. The number of piperidine rings is 1. The molecule has 29 heavy (non-hydrogen) atoms. The molecule has 1 saturated heterocycles. The number of carboxylic acid groups (broad SMARTS) is 1. The van der Waals surface area contributed by atoms with Gasteiger partial charge in [-0.05, 0) is 36.6 Å². The number of aromatic nitrogens is 1. The number of carboxylic acids is 1. The summed E-state index contributed by atoms with van der Waals surface area (Å²) in [5.41, 5.74) is 0.957. The number of amides is 1. The number of benzene rings is 1. The van der Waals surface area contributed by atoms with Crippen LogP contribution in [0.5, 0.6) is 0 Å². The largest absolute Gasteiger partial charge is 0.480 e. The maximum absolute atomic E-state index is 13.4. The van der Waals surface area contributed by atoms with E-state index in [0.717, 1.165) is 12.1 Å². The summed E-state index contributed by atoms with van der Waals surface area (Å²) in [5.74, 6) is -1.66. The fourth-order valence-corrected chi connectivity index (χ4v) is 4.65. The normalized spacial score (nSPS) is 23.3. The molecule has 2 aromatic rings. The van der Waals surface area contributed by atoms with Gasteiger partial charge in [0.15, 0.2) is 0 Å². The molecule has 0 saturated carbocycles. The van der Waals surface area contributed by atoms with Gasteiger partial charge in [-0.25, -0.2) is 4.39 Å². The van der Waals surface area contributed by atoms with Crippen molar-refractivity contribution in [2.24, 2.45) is 5.92 Å². The summed E-state index contributed by atoms with van der Waals surface area (Å²) in [4.78, 5) is 38.2. The molecular weight excluding hydrogens is 377 g/mol. The van der Waals surface area contributed by atoms with Gasteiger partial charge in [-0.15, -0.1) is 0 Å². The highest BCUT2D eigenvalue weighted by atomic mass is 19.1. The average molecular weight is 399 g/mol. The number of likely N-dealkylation sites (tertiary alicyclic amines) is 1. The van der Waals surface area contributed by atoms with Gasteiger partial charge in [-0.2, -0.15) is 0 Å². The number of nitrogens with zero attached hydrogens (tertiary/aromatic N) is 2. The molecule has 2 aliphatic heterocycles. The molecule has 2 bridgehead atoms. The number of rotatable bonds is 5. The smallest absolute Gasteiger partial charge is 0.317 e. The summed E-state index contributed by atoms with van der Waals surface area (Å²) in [5, 5.41) is 12.0. The van der Waals surface area contributed by atoms with Gasteiger partial charge < -0.3 is 15.0 Å². The molecule has 4 rings (SSSR count). The molecule has 8 heteroatoms. The SMILES string of the molecule is O=C(O)CN1C[C@H]2C[C@@H](C1)[C@H](CNC(=O)c1cccc(F)c1)n1c2cccc1=O. The van der Waals surface area contributed by atoms with Crippen molar-refractivity contribution in [2.75, 3.05) is 26.2 Å². The number of aliphatic carboxylic acids is 1. The van der Waals surface area contributed by atoms with Crippen LogP contribution >= 0.6 is 0 Å². The van der Waals surface area contributed by atoms with Crippen molar-refractivity contribution in [3.8, 4) is 0 Å². The first-order valence-electron chi connectivity index (χ1n) is 9.61. The number of nitrogens with one attached hydrogen (secondary N) is 1. The van der Waals surface area contributed by atoms with E-state index in [1.165, 1.54) is 30.3 Å². The third-order valence-electron chi connectivity index (χ3n) is 5.79. The molecule has 1 fully saturated rings. The Morgan fingerprint density at radius 1 is 1.17 bits per heavy atom. The summed E-state index contributed by atoms with van der Waals surface area (Å²) in [6.45, 7) is 1.30. The predicted molar refractivity (Wildman–Crippen MR) is 103 cm³/mol. The topological polar surface area (TPSA) is 91.6 Å². The molecule has 0 radical (unpaired) electrons. The second kappa shape index (κ2) is 7.79. The second-order valence-corrected chi connectivity index (χ2v) is 7.73. The van der Waals surface area contributed by atoms with Crippen molar-refractivity contribution >= 4 is 11.9 Å². The van der Waals surface area contributed by atoms with E-state index in [2.05, 4.69) is 5.32 Å². The number of carbonyl (C=O) groups excluding carboxylic acids is 1. The number of hydrogen-bond donors (Lipinski definition) is 2. The lowest BCUT2D eigenvalue weighted by Crippen LogP contribution is -2.52. The van der Waals surface area contributed by atoms with E-state index in [1.54, 1.807) is 10.6 Å². The van der Waals surface area contributed by atoms with Crippen LogP contribution in [0.2, 0.25) is 0 Å². The molecule has 1 amide bonds. The molecule has 0 unspecified atom stereocenters. The number of fused-ring (bicyclic) bond motifs is 4. The van der Waals surface area contributed by atoms with Crippen LogP contribution in [-0.4, -0.2) is 52.6 Å². The third-order valence-corrected chi connectivity index (χ3v) is 5.79. The summed E-state index contributed by atoms with van der Waals surface area (Å²) in [6.07, 6.45) is 0.833. The number of halogens is 1. The van der Waals surface area contributed by atoms with E-state index >= 15 is 0 Å². The molecule has 2 aliphatic rings. The first-order valence-corrected chi connectivity index (χ1v) is 9.61. The van der Waals surface area contributed by atoms with Gasteiger partial charge in [0, 0.05) is 42.9 Å². The van der Waals surface area contributed by atoms with Gasteiger partial charge >= 0.3 is 5.97 Å². The molecule has 7 nitrogen and oxygen atoms in total. The van der Waals surface area contributed by atoms with Crippen LogP contribution in [0, 0.1) is 11.7 Å². The Labute approximate surface area is 166 Å². The van der Waals surface area contributed by atoms with Crippen molar-refractivity contribution in [3.63, 3.8) is 0 Å². The van der Waals surface area contributed by atoms with Crippen LogP contribution in [0.3, 0.4) is 0 Å². The highest BCUT2D eigenvalue weighted by Crippen LogP contribution is 2.40. The molecule has 152 valence electrons. The minimum absolute atomic E-state index is 0.0357. The summed E-state index contributed by atoms with van der Waals surface area (Å²) < 4.78 is 15.1. The maximum atomic E-state index is 13.4. The van der Waals surface area contributed by atoms with Gasteiger partial charge in [0.25, 0.3) is 11.5 Å².